The number of aromatic amines is 1. The topological polar surface area (TPSA) is 87.2 Å². The van der Waals surface area contributed by atoms with Crippen LogP contribution >= 0.6 is 0 Å². The Labute approximate surface area is 188 Å². The monoisotopic (exact) mass is 454 g/mol. The van der Waals surface area contributed by atoms with Gasteiger partial charge in [-0.1, -0.05) is 6.07 Å². The first-order valence-electron chi connectivity index (χ1n) is 11.1. The lowest BCUT2D eigenvalue weighted by Crippen LogP contribution is -2.37. The van der Waals surface area contributed by atoms with E-state index in [1.54, 1.807) is 0 Å². The maximum atomic E-state index is 14.5. The maximum absolute atomic E-state index is 14.5. The molecule has 2 aliphatic rings. The molecule has 1 aliphatic heterocycles. The minimum Gasteiger partial charge on any atom is -0.348 e. The lowest BCUT2D eigenvalue weighted by molar-refractivity contribution is 0.0933. The van der Waals surface area contributed by atoms with Crippen LogP contribution in [0.1, 0.15) is 35.2 Å². The highest BCUT2D eigenvalue weighted by Crippen LogP contribution is 2.30. The number of fused-ring (bicyclic) bond motifs is 1. The maximum Gasteiger partial charge on any atom is 0.329 e. The van der Waals surface area contributed by atoms with Crippen LogP contribution in [0, 0.1) is 17.6 Å². The molecule has 0 radical (unpaired) electrons. The molecule has 1 saturated carbocycles. The van der Waals surface area contributed by atoms with Gasteiger partial charge in [0.1, 0.15) is 11.6 Å². The smallest absolute Gasteiger partial charge is 0.329 e. The Morgan fingerprint density at radius 2 is 1.91 bits per heavy atom. The van der Waals surface area contributed by atoms with E-state index in [9.17, 15) is 23.2 Å². The number of hydrogen-bond acceptors (Lipinski definition) is 4. The van der Waals surface area contributed by atoms with Gasteiger partial charge < -0.3 is 10.2 Å². The van der Waals surface area contributed by atoms with Gasteiger partial charge in [0.15, 0.2) is 0 Å². The zero-order valence-electron chi connectivity index (χ0n) is 17.9. The van der Waals surface area contributed by atoms with E-state index in [4.69, 9.17) is 0 Å². The van der Waals surface area contributed by atoms with Gasteiger partial charge in [0.25, 0.3) is 11.5 Å². The fraction of sp³-hybridized carbons (Fsp3) is 0.375. The molecule has 1 saturated heterocycles. The molecule has 1 atom stereocenters. The number of amides is 1. The van der Waals surface area contributed by atoms with Crippen molar-refractivity contribution in [2.45, 2.75) is 31.8 Å². The highest BCUT2D eigenvalue weighted by molar-refractivity contribution is 5.95. The quantitative estimate of drug-likeness (QED) is 0.598. The fourth-order valence-electron chi connectivity index (χ4n) is 4.50. The van der Waals surface area contributed by atoms with Gasteiger partial charge in [-0.05, 0) is 61.1 Å². The number of nitrogens with zero attached hydrogens (tertiary/aromatic N) is 2. The van der Waals surface area contributed by atoms with E-state index >= 15 is 0 Å². The molecule has 1 amide bonds. The average Bonchev–Trinajstić information content (AvgIpc) is 3.49. The highest BCUT2D eigenvalue weighted by atomic mass is 19.1. The summed E-state index contributed by atoms with van der Waals surface area (Å²) in [5, 5.41) is 2.96. The van der Waals surface area contributed by atoms with E-state index in [0.717, 1.165) is 44.1 Å². The van der Waals surface area contributed by atoms with Gasteiger partial charge in [0.2, 0.25) is 0 Å². The number of benzene rings is 2. The number of likely N-dealkylation sites (tertiary alicyclic amines) is 1. The summed E-state index contributed by atoms with van der Waals surface area (Å²) in [6, 6.07) is 7.63. The Morgan fingerprint density at radius 3 is 2.70 bits per heavy atom. The first kappa shape index (κ1) is 21.5. The van der Waals surface area contributed by atoms with Crippen LogP contribution in [0.5, 0.6) is 0 Å². The van der Waals surface area contributed by atoms with Crippen molar-refractivity contribution >= 4 is 16.8 Å². The van der Waals surface area contributed by atoms with Crippen molar-refractivity contribution in [2.75, 3.05) is 19.6 Å². The summed E-state index contributed by atoms with van der Waals surface area (Å²) in [4.78, 5) is 41.8. The Kier molecular flexibility index (Phi) is 5.57. The molecule has 5 rings (SSSR count). The first-order valence-corrected chi connectivity index (χ1v) is 11.1. The normalized spacial score (nSPS) is 18.7. The molecule has 9 heteroatoms. The van der Waals surface area contributed by atoms with Gasteiger partial charge >= 0.3 is 5.69 Å². The van der Waals surface area contributed by atoms with Crippen molar-refractivity contribution in [3.05, 3.63) is 80.0 Å². The number of H-pyrrole nitrogens is 1. The third-order valence-corrected chi connectivity index (χ3v) is 6.40. The number of hydrogen-bond donors (Lipinski definition) is 2. The number of rotatable bonds is 6. The second-order valence-corrected chi connectivity index (χ2v) is 8.98. The van der Waals surface area contributed by atoms with E-state index in [2.05, 4.69) is 15.2 Å². The predicted octanol–water partition coefficient (Wildman–Crippen LogP) is 2.23. The molecular formula is C24H24F2N4O3. The van der Waals surface area contributed by atoms with Crippen molar-refractivity contribution in [2.24, 2.45) is 5.92 Å². The minimum atomic E-state index is -0.683. The number of nitrogens with one attached hydrogen (secondary N) is 2. The summed E-state index contributed by atoms with van der Waals surface area (Å²) in [7, 11) is 0. The Hall–Kier alpha value is -3.33. The van der Waals surface area contributed by atoms with Crippen molar-refractivity contribution in [1.29, 1.82) is 0 Å². The molecule has 3 aromatic rings. The van der Waals surface area contributed by atoms with E-state index in [-0.39, 0.29) is 29.1 Å². The van der Waals surface area contributed by atoms with Crippen molar-refractivity contribution in [3.8, 4) is 0 Å². The van der Waals surface area contributed by atoms with Gasteiger partial charge in [-0.3, -0.25) is 19.1 Å². The third kappa shape index (κ3) is 4.59. The van der Waals surface area contributed by atoms with Gasteiger partial charge in [-0.25, -0.2) is 13.6 Å². The largest absolute Gasteiger partial charge is 0.348 e. The molecule has 0 spiro atoms. The lowest BCUT2D eigenvalue weighted by atomic mass is 10.1. The van der Waals surface area contributed by atoms with Crippen molar-refractivity contribution in [1.82, 2.24) is 19.8 Å². The van der Waals surface area contributed by atoms with Gasteiger partial charge in [-0.15, -0.1) is 0 Å². The Morgan fingerprint density at radius 1 is 1.09 bits per heavy atom. The molecule has 2 fully saturated rings. The molecule has 7 nitrogen and oxygen atoms in total. The molecule has 0 bridgehead atoms. The minimum absolute atomic E-state index is 0.0170. The van der Waals surface area contributed by atoms with Crippen molar-refractivity contribution < 1.29 is 13.6 Å². The fourth-order valence-corrected chi connectivity index (χ4v) is 4.50. The third-order valence-electron chi connectivity index (χ3n) is 6.40. The standard InChI is InChI=1S/C24H24F2N4O3/c25-16-4-6-21-19(10-16)23(32)28-24(33)30(21)12-15-3-5-20(26)18(9-15)22(31)27-17-7-8-29(13-17)11-14-1-2-14/h3-6,9-10,14,17H,1-2,7-8,11-13H2,(H,27,31)(H,28,32,33). The summed E-state index contributed by atoms with van der Waals surface area (Å²) in [6.45, 7) is 2.73. The molecule has 2 heterocycles. The van der Waals surface area contributed by atoms with Crippen LogP contribution in [0.3, 0.4) is 0 Å². The lowest BCUT2D eigenvalue weighted by Gasteiger charge is -2.17. The Balaban J connectivity index is 1.36. The predicted molar refractivity (Wildman–Crippen MR) is 119 cm³/mol. The number of carbonyl (C=O) groups excluding carboxylic acids is 1. The number of aromatic nitrogens is 2. The molecule has 33 heavy (non-hydrogen) atoms. The molecular weight excluding hydrogens is 430 g/mol. The van der Waals surface area contributed by atoms with Crippen LogP contribution < -0.4 is 16.6 Å². The van der Waals surface area contributed by atoms with Crippen molar-refractivity contribution in [3.63, 3.8) is 0 Å². The van der Waals surface area contributed by atoms with Gasteiger partial charge in [0, 0.05) is 25.7 Å². The summed E-state index contributed by atoms with van der Waals surface area (Å²) >= 11 is 0. The summed E-state index contributed by atoms with van der Waals surface area (Å²) in [6.07, 6.45) is 3.37. The highest BCUT2D eigenvalue weighted by Gasteiger charge is 2.30. The Bertz CT molecular complexity index is 1350. The summed E-state index contributed by atoms with van der Waals surface area (Å²) in [5.74, 6) is -0.961. The second kappa shape index (κ2) is 8.55. The van der Waals surface area contributed by atoms with Crippen LogP contribution in [0.15, 0.2) is 46.0 Å². The summed E-state index contributed by atoms with van der Waals surface area (Å²) < 4.78 is 29.3. The van der Waals surface area contributed by atoms with E-state index < -0.39 is 28.8 Å². The molecule has 1 aromatic heterocycles. The second-order valence-electron chi connectivity index (χ2n) is 8.98. The number of halogens is 2. The molecule has 1 unspecified atom stereocenters. The zero-order valence-corrected chi connectivity index (χ0v) is 17.9. The number of carbonyl (C=O) groups is 1. The van der Waals surface area contributed by atoms with E-state index in [0.29, 0.717) is 5.56 Å². The van der Waals surface area contributed by atoms with Crippen LogP contribution in [0.4, 0.5) is 8.78 Å². The van der Waals surface area contributed by atoms with Crippen LogP contribution in [-0.2, 0) is 6.54 Å². The zero-order chi connectivity index (χ0) is 23.1. The van der Waals surface area contributed by atoms with E-state index in [1.807, 2.05) is 0 Å². The first-order chi connectivity index (χ1) is 15.9. The molecule has 2 N–H and O–H groups in total. The molecule has 172 valence electrons. The van der Waals surface area contributed by atoms with Crippen LogP contribution in [0.2, 0.25) is 0 Å². The van der Waals surface area contributed by atoms with E-state index in [1.165, 1.54) is 41.7 Å². The summed E-state index contributed by atoms with van der Waals surface area (Å²) in [5.41, 5.74) is -0.695. The molecule has 1 aliphatic carbocycles. The van der Waals surface area contributed by atoms with Gasteiger partial charge in [-0.2, -0.15) is 0 Å². The average molecular weight is 454 g/mol. The molecule has 2 aromatic carbocycles. The van der Waals surface area contributed by atoms with Crippen LogP contribution in [0.25, 0.3) is 10.9 Å². The SMILES string of the molecule is O=C(NC1CCN(CC2CC2)C1)c1cc(Cn2c(=O)[nH]c(=O)c3cc(F)ccc32)ccc1F. The van der Waals surface area contributed by atoms with Gasteiger partial charge in [0.05, 0.1) is 23.0 Å². The van der Waals surface area contributed by atoms with Crippen LogP contribution in [-0.4, -0.2) is 46.0 Å².